The molecule has 0 radical (unpaired) electrons. The van der Waals surface area contributed by atoms with E-state index in [0.717, 1.165) is 0 Å². The summed E-state index contributed by atoms with van der Waals surface area (Å²) in [5.41, 5.74) is -0.303. The molecule has 0 rings (SSSR count). The van der Waals surface area contributed by atoms with Crippen LogP contribution in [0.5, 0.6) is 0 Å². The highest BCUT2D eigenvalue weighted by atomic mass is 28.4. The van der Waals surface area contributed by atoms with Gasteiger partial charge in [0.2, 0.25) is 0 Å². The van der Waals surface area contributed by atoms with Crippen LogP contribution in [0.15, 0.2) is 12.7 Å². The van der Waals surface area contributed by atoms with E-state index in [1.54, 1.807) is 7.11 Å². The van der Waals surface area contributed by atoms with Gasteiger partial charge in [0, 0.05) is 21.3 Å². The van der Waals surface area contributed by atoms with Crippen molar-refractivity contribution in [3.05, 3.63) is 12.7 Å². The molecule has 0 aliphatic heterocycles. The molecule has 0 saturated heterocycles. The summed E-state index contributed by atoms with van der Waals surface area (Å²) >= 11 is 0. The number of allylic oxidation sites excluding steroid dienone is 1. The third-order valence-electron chi connectivity index (χ3n) is 2.21. The molecule has 0 amide bonds. The molecule has 4 nitrogen and oxygen atoms in total. The van der Waals surface area contributed by atoms with Gasteiger partial charge < -0.3 is 13.6 Å². The second-order valence-corrected chi connectivity index (χ2v) is 6.06. The van der Waals surface area contributed by atoms with Gasteiger partial charge >= 0.3 is 8.56 Å². The zero-order valence-electron chi connectivity index (χ0n) is 9.20. The van der Waals surface area contributed by atoms with E-state index in [4.69, 9.17) is 13.6 Å². The highest BCUT2D eigenvalue weighted by molar-refractivity contribution is 6.99. The molecule has 0 aromatic heterocycles. The van der Waals surface area contributed by atoms with Gasteiger partial charge in [-0.25, -0.2) is 0 Å². The minimum Gasteiger partial charge on any atom is -0.391 e. The molecule has 0 heterocycles. The molecule has 0 fully saturated rings. The third-order valence-corrected chi connectivity index (χ3v) is 5.81. The summed E-state index contributed by atoms with van der Waals surface area (Å²) in [4.78, 5) is 11.7. The molecule has 0 aromatic rings. The molecule has 82 valence electrons. The lowest BCUT2D eigenvalue weighted by molar-refractivity contribution is -0.112. The number of rotatable bonds is 7. The molecule has 0 aromatic carbocycles. The first-order valence-corrected chi connectivity index (χ1v) is 6.32. The van der Waals surface area contributed by atoms with Gasteiger partial charge in [-0.3, -0.25) is 4.79 Å². The number of carbonyl (C=O) groups is 1. The summed E-state index contributed by atoms with van der Waals surface area (Å²) in [5.74, 6) is 0. The lowest BCUT2D eigenvalue weighted by Gasteiger charge is -2.30. The molecule has 14 heavy (non-hydrogen) atoms. The Hall–Kier alpha value is -0.493. The summed E-state index contributed by atoms with van der Waals surface area (Å²) in [5, 5.41) is -0.198. The predicted octanol–water partition coefficient (Wildman–Crippen LogP) is 0.980. The van der Waals surface area contributed by atoms with Crippen molar-refractivity contribution in [1.82, 2.24) is 0 Å². The van der Waals surface area contributed by atoms with Crippen LogP contribution < -0.4 is 0 Å². The van der Waals surface area contributed by atoms with Gasteiger partial charge in [0.1, 0.15) is 5.73 Å². The standard InChI is InChI=1S/C9H18O4Si/c1-6-8(10)14(12-4,13-5)9(7-2)11-3/h6,9H,1,7H2,2-5H3. The fourth-order valence-electron chi connectivity index (χ4n) is 1.44. The van der Waals surface area contributed by atoms with Crippen molar-refractivity contribution in [2.24, 2.45) is 0 Å². The Labute approximate surface area is 86.1 Å². The molecule has 0 spiro atoms. The van der Waals surface area contributed by atoms with Crippen molar-refractivity contribution < 1.29 is 18.4 Å². The van der Waals surface area contributed by atoms with Crippen molar-refractivity contribution in [3.63, 3.8) is 0 Å². The molecule has 0 aliphatic carbocycles. The monoisotopic (exact) mass is 218 g/mol. The van der Waals surface area contributed by atoms with E-state index in [9.17, 15) is 4.79 Å². The van der Waals surface area contributed by atoms with Crippen LogP contribution in [-0.4, -0.2) is 41.0 Å². The summed E-state index contributed by atoms with van der Waals surface area (Å²) in [6.45, 7) is 5.36. The Morgan fingerprint density at radius 1 is 1.43 bits per heavy atom. The lowest BCUT2D eigenvalue weighted by atomic mass is 10.5. The molecule has 1 atom stereocenters. The van der Waals surface area contributed by atoms with Crippen LogP contribution in [0, 0.1) is 0 Å². The van der Waals surface area contributed by atoms with Crippen LogP contribution in [0.2, 0.25) is 0 Å². The maximum Gasteiger partial charge on any atom is 0.443 e. The van der Waals surface area contributed by atoms with E-state index in [-0.39, 0.29) is 11.1 Å². The van der Waals surface area contributed by atoms with Crippen LogP contribution in [-0.2, 0) is 18.4 Å². The van der Waals surface area contributed by atoms with Crippen LogP contribution >= 0.6 is 0 Å². The molecular weight excluding hydrogens is 200 g/mol. The summed E-state index contributed by atoms with van der Waals surface area (Å²) < 4.78 is 15.7. The van der Waals surface area contributed by atoms with Crippen molar-refractivity contribution in [1.29, 1.82) is 0 Å². The zero-order valence-corrected chi connectivity index (χ0v) is 10.2. The molecule has 5 heteroatoms. The van der Waals surface area contributed by atoms with E-state index in [2.05, 4.69) is 6.58 Å². The maximum atomic E-state index is 11.7. The quantitative estimate of drug-likeness (QED) is 0.472. The average Bonchev–Trinajstić information content (AvgIpc) is 2.25. The van der Waals surface area contributed by atoms with E-state index in [0.29, 0.717) is 6.42 Å². The number of ether oxygens (including phenoxy) is 1. The Morgan fingerprint density at radius 3 is 2.14 bits per heavy atom. The second-order valence-electron chi connectivity index (χ2n) is 2.78. The van der Waals surface area contributed by atoms with Gasteiger partial charge in [-0.2, -0.15) is 0 Å². The summed E-state index contributed by atoms with van der Waals surface area (Å²) in [6, 6.07) is 0. The van der Waals surface area contributed by atoms with E-state index < -0.39 is 8.56 Å². The molecule has 0 bridgehead atoms. The number of hydrogen-bond acceptors (Lipinski definition) is 4. The van der Waals surface area contributed by atoms with Crippen molar-refractivity contribution >= 4 is 14.0 Å². The maximum absolute atomic E-state index is 11.7. The Morgan fingerprint density at radius 2 is 1.93 bits per heavy atom. The first kappa shape index (κ1) is 13.5. The highest BCUT2D eigenvalue weighted by Crippen LogP contribution is 2.18. The second kappa shape index (κ2) is 6.08. The van der Waals surface area contributed by atoms with Crippen LogP contribution in [0.3, 0.4) is 0 Å². The van der Waals surface area contributed by atoms with Crippen molar-refractivity contribution in [3.8, 4) is 0 Å². The molecule has 0 N–H and O–H groups in total. The fraction of sp³-hybridized carbons (Fsp3) is 0.667. The average molecular weight is 218 g/mol. The summed E-state index contributed by atoms with van der Waals surface area (Å²) in [7, 11) is 1.53. The Bertz CT molecular complexity index is 197. The number of methoxy groups -OCH3 is 1. The predicted molar refractivity (Wildman–Crippen MR) is 56.1 cm³/mol. The van der Waals surface area contributed by atoms with Crippen LogP contribution in [0.4, 0.5) is 0 Å². The number of hydrogen-bond donors (Lipinski definition) is 0. The van der Waals surface area contributed by atoms with E-state index >= 15 is 0 Å². The van der Waals surface area contributed by atoms with Gasteiger partial charge in [-0.1, -0.05) is 13.5 Å². The normalized spacial score (nSPS) is 13.7. The fourth-order valence-corrected chi connectivity index (χ4v) is 3.98. The van der Waals surface area contributed by atoms with Gasteiger partial charge in [-0.15, -0.1) is 0 Å². The molecule has 0 aliphatic rings. The smallest absolute Gasteiger partial charge is 0.391 e. The lowest BCUT2D eigenvalue weighted by Crippen LogP contribution is -2.59. The molecule has 1 unspecified atom stereocenters. The SMILES string of the molecule is C=CC(=O)[Si](OC)(OC)C(CC)OC. The molecule has 0 saturated carbocycles. The van der Waals surface area contributed by atoms with E-state index in [1.165, 1.54) is 20.3 Å². The van der Waals surface area contributed by atoms with Crippen LogP contribution in [0.25, 0.3) is 0 Å². The van der Waals surface area contributed by atoms with Crippen molar-refractivity contribution in [2.45, 2.75) is 19.1 Å². The van der Waals surface area contributed by atoms with Crippen molar-refractivity contribution in [2.75, 3.05) is 21.3 Å². The third kappa shape index (κ3) is 2.30. The zero-order chi connectivity index (χ0) is 11.2. The minimum absolute atomic E-state index is 0.198. The number of carbonyl (C=O) groups excluding carboxylic acids is 1. The Kier molecular flexibility index (Phi) is 5.86. The van der Waals surface area contributed by atoms with Gasteiger partial charge in [0.15, 0.2) is 5.41 Å². The van der Waals surface area contributed by atoms with E-state index in [1.807, 2.05) is 6.92 Å². The highest BCUT2D eigenvalue weighted by Gasteiger charge is 2.50. The van der Waals surface area contributed by atoms with Crippen LogP contribution in [0.1, 0.15) is 13.3 Å². The first-order valence-electron chi connectivity index (χ1n) is 4.42. The first-order chi connectivity index (χ1) is 6.62. The molecular formula is C9H18O4Si. The minimum atomic E-state index is -2.96. The van der Waals surface area contributed by atoms with Gasteiger partial charge in [0.25, 0.3) is 0 Å². The summed E-state index contributed by atoms with van der Waals surface area (Å²) in [6.07, 6.45) is 1.91. The van der Waals surface area contributed by atoms with Gasteiger partial charge in [-0.05, 0) is 12.5 Å². The topological polar surface area (TPSA) is 44.8 Å². The van der Waals surface area contributed by atoms with Gasteiger partial charge in [0.05, 0.1) is 0 Å². The Balaban J connectivity index is 5.02. The largest absolute Gasteiger partial charge is 0.443 e.